The van der Waals surface area contributed by atoms with Gasteiger partial charge in [-0.25, -0.2) is 0 Å². The molecule has 18 heavy (non-hydrogen) atoms. The summed E-state index contributed by atoms with van der Waals surface area (Å²) in [4.78, 5) is 4.32. The third kappa shape index (κ3) is 3.52. The van der Waals surface area contributed by atoms with Gasteiger partial charge in [0, 0.05) is 6.54 Å². The molecule has 1 aliphatic carbocycles. The second-order valence-electron chi connectivity index (χ2n) is 5.01. The fourth-order valence-corrected chi connectivity index (χ4v) is 2.59. The monoisotopic (exact) mass is 249 g/mol. The van der Waals surface area contributed by atoms with Gasteiger partial charge in [0.1, 0.15) is 5.82 Å². The van der Waals surface area contributed by atoms with Crippen LogP contribution in [0.2, 0.25) is 0 Å². The topological polar surface area (TPSA) is 60.2 Å². The summed E-state index contributed by atoms with van der Waals surface area (Å²) >= 11 is 0. The molecule has 1 fully saturated rings. The predicted molar refractivity (Wildman–Crippen MR) is 74.9 cm³/mol. The molecular formula is C14H23N3O. The molecule has 0 aromatic carbocycles. The van der Waals surface area contributed by atoms with Crippen molar-refractivity contribution < 1.29 is 4.74 Å². The Morgan fingerprint density at radius 2 is 2.11 bits per heavy atom. The van der Waals surface area contributed by atoms with Gasteiger partial charge in [0.15, 0.2) is 0 Å². The standard InChI is InChI=1S/C14H23N3O/c1-18-14-12(15)7-8-13(17-14)16-10-9-11-5-3-2-4-6-11/h7-8,11H,2-6,9-10,15H2,1H3,(H,16,17). The molecule has 1 aromatic heterocycles. The number of methoxy groups -OCH3 is 1. The van der Waals surface area contributed by atoms with E-state index in [9.17, 15) is 0 Å². The van der Waals surface area contributed by atoms with E-state index in [4.69, 9.17) is 10.5 Å². The van der Waals surface area contributed by atoms with Crippen LogP contribution in [0.5, 0.6) is 5.88 Å². The molecule has 4 nitrogen and oxygen atoms in total. The highest BCUT2D eigenvalue weighted by Crippen LogP contribution is 2.26. The summed E-state index contributed by atoms with van der Waals surface area (Å²) in [5.41, 5.74) is 6.31. The smallest absolute Gasteiger partial charge is 0.238 e. The Kier molecular flexibility index (Phi) is 4.67. The normalized spacial score (nSPS) is 16.5. The van der Waals surface area contributed by atoms with Crippen molar-refractivity contribution in [2.75, 3.05) is 24.7 Å². The molecule has 1 heterocycles. The number of nitrogens with zero attached hydrogens (tertiary/aromatic N) is 1. The maximum absolute atomic E-state index is 5.73. The Balaban J connectivity index is 1.79. The summed E-state index contributed by atoms with van der Waals surface area (Å²) in [6.07, 6.45) is 8.23. The summed E-state index contributed by atoms with van der Waals surface area (Å²) in [5.74, 6) is 2.23. The van der Waals surface area contributed by atoms with Gasteiger partial charge >= 0.3 is 0 Å². The molecule has 0 saturated heterocycles. The number of nitrogen functional groups attached to an aromatic ring is 1. The lowest BCUT2D eigenvalue weighted by atomic mass is 9.87. The maximum atomic E-state index is 5.73. The minimum absolute atomic E-state index is 0.498. The van der Waals surface area contributed by atoms with Crippen molar-refractivity contribution >= 4 is 11.5 Å². The first-order chi connectivity index (χ1) is 8.79. The fourth-order valence-electron chi connectivity index (χ4n) is 2.59. The van der Waals surface area contributed by atoms with Crippen molar-refractivity contribution in [1.82, 2.24) is 4.98 Å². The van der Waals surface area contributed by atoms with Gasteiger partial charge in [0.2, 0.25) is 5.88 Å². The van der Waals surface area contributed by atoms with Crippen molar-refractivity contribution in [1.29, 1.82) is 0 Å². The van der Waals surface area contributed by atoms with E-state index in [1.807, 2.05) is 12.1 Å². The van der Waals surface area contributed by atoms with Crippen molar-refractivity contribution in [3.8, 4) is 5.88 Å². The van der Waals surface area contributed by atoms with Gasteiger partial charge in [-0.1, -0.05) is 32.1 Å². The highest BCUT2D eigenvalue weighted by Gasteiger charge is 2.12. The lowest BCUT2D eigenvalue weighted by Gasteiger charge is -2.21. The van der Waals surface area contributed by atoms with Crippen LogP contribution in [0.15, 0.2) is 12.1 Å². The first-order valence-electron chi connectivity index (χ1n) is 6.84. The number of anilines is 2. The van der Waals surface area contributed by atoms with Crippen molar-refractivity contribution in [3.05, 3.63) is 12.1 Å². The molecular weight excluding hydrogens is 226 g/mol. The van der Waals surface area contributed by atoms with Crippen LogP contribution in [-0.2, 0) is 0 Å². The van der Waals surface area contributed by atoms with E-state index in [1.165, 1.54) is 38.5 Å². The molecule has 3 N–H and O–H groups in total. The van der Waals surface area contributed by atoms with Gasteiger partial charge in [-0.2, -0.15) is 4.98 Å². The minimum Gasteiger partial charge on any atom is -0.479 e. The average molecular weight is 249 g/mol. The van der Waals surface area contributed by atoms with Crippen LogP contribution in [0, 0.1) is 5.92 Å². The average Bonchev–Trinajstić information content (AvgIpc) is 2.42. The molecule has 0 bridgehead atoms. The molecule has 100 valence electrons. The summed E-state index contributed by atoms with van der Waals surface area (Å²) < 4.78 is 5.11. The maximum Gasteiger partial charge on any atom is 0.238 e. The Morgan fingerprint density at radius 1 is 1.33 bits per heavy atom. The fraction of sp³-hybridized carbons (Fsp3) is 0.643. The number of pyridine rings is 1. The van der Waals surface area contributed by atoms with Crippen LogP contribution in [0.4, 0.5) is 11.5 Å². The molecule has 1 aliphatic rings. The van der Waals surface area contributed by atoms with E-state index < -0.39 is 0 Å². The number of nitrogens with two attached hydrogens (primary N) is 1. The minimum atomic E-state index is 0.498. The Morgan fingerprint density at radius 3 is 2.83 bits per heavy atom. The third-order valence-electron chi connectivity index (χ3n) is 3.67. The number of hydrogen-bond acceptors (Lipinski definition) is 4. The number of nitrogens with one attached hydrogen (secondary N) is 1. The molecule has 2 rings (SSSR count). The van der Waals surface area contributed by atoms with Gasteiger partial charge in [0.05, 0.1) is 12.8 Å². The van der Waals surface area contributed by atoms with Crippen LogP contribution in [-0.4, -0.2) is 18.6 Å². The quantitative estimate of drug-likeness (QED) is 0.842. The summed E-state index contributed by atoms with van der Waals surface area (Å²) in [5, 5.41) is 3.35. The van der Waals surface area contributed by atoms with Crippen LogP contribution >= 0.6 is 0 Å². The van der Waals surface area contributed by atoms with Crippen LogP contribution < -0.4 is 15.8 Å². The number of hydrogen-bond donors (Lipinski definition) is 2. The van der Waals surface area contributed by atoms with Crippen molar-refractivity contribution in [2.24, 2.45) is 5.92 Å². The first kappa shape index (κ1) is 13.0. The lowest BCUT2D eigenvalue weighted by molar-refractivity contribution is 0.345. The van der Waals surface area contributed by atoms with Gasteiger partial charge in [-0.3, -0.25) is 0 Å². The molecule has 0 radical (unpaired) electrons. The molecule has 0 spiro atoms. The van der Waals surface area contributed by atoms with Gasteiger partial charge in [0.25, 0.3) is 0 Å². The number of ether oxygens (including phenoxy) is 1. The van der Waals surface area contributed by atoms with E-state index in [1.54, 1.807) is 7.11 Å². The van der Waals surface area contributed by atoms with Gasteiger partial charge < -0.3 is 15.8 Å². The van der Waals surface area contributed by atoms with E-state index >= 15 is 0 Å². The Bertz CT molecular complexity index is 375. The lowest BCUT2D eigenvalue weighted by Crippen LogP contribution is -2.12. The van der Waals surface area contributed by atoms with Gasteiger partial charge in [-0.15, -0.1) is 0 Å². The summed E-state index contributed by atoms with van der Waals surface area (Å²) in [6.45, 7) is 0.977. The van der Waals surface area contributed by atoms with Crippen molar-refractivity contribution in [3.63, 3.8) is 0 Å². The SMILES string of the molecule is COc1nc(NCCC2CCCCC2)ccc1N. The van der Waals surface area contributed by atoms with E-state index in [2.05, 4.69) is 10.3 Å². The zero-order valence-electron chi connectivity index (χ0n) is 11.1. The van der Waals surface area contributed by atoms with E-state index in [-0.39, 0.29) is 0 Å². The van der Waals surface area contributed by atoms with Gasteiger partial charge in [-0.05, 0) is 24.5 Å². The molecule has 0 amide bonds. The molecule has 0 atom stereocenters. The van der Waals surface area contributed by atoms with Crippen LogP contribution in [0.1, 0.15) is 38.5 Å². The van der Waals surface area contributed by atoms with E-state index in [0.29, 0.717) is 11.6 Å². The Labute approximate surface area is 109 Å². The summed E-state index contributed by atoms with van der Waals surface area (Å²) in [6, 6.07) is 3.73. The number of aromatic nitrogens is 1. The second kappa shape index (κ2) is 6.47. The third-order valence-corrected chi connectivity index (χ3v) is 3.67. The molecule has 0 aliphatic heterocycles. The highest BCUT2D eigenvalue weighted by atomic mass is 16.5. The second-order valence-corrected chi connectivity index (χ2v) is 5.01. The molecule has 1 aromatic rings. The number of rotatable bonds is 5. The summed E-state index contributed by atoms with van der Waals surface area (Å²) in [7, 11) is 1.59. The molecule has 1 saturated carbocycles. The largest absolute Gasteiger partial charge is 0.479 e. The molecule has 4 heteroatoms. The van der Waals surface area contributed by atoms with Crippen LogP contribution in [0.3, 0.4) is 0 Å². The zero-order chi connectivity index (χ0) is 12.8. The van der Waals surface area contributed by atoms with Crippen molar-refractivity contribution in [2.45, 2.75) is 38.5 Å². The first-order valence-corrected chi connectivity index (χ1v) is 6.84. The Hall–Kier alpha value is -1.45. The van der Waals surface area contributed by atoms with Crippen LogP contribution in [0.25, 0.3) is 0 Å². The predicted octanol–water partition coefficient (Wildman–Crippen LogP) is 3.05. The zero-order valence-corrected chi connectivity index (χ0v) is 11.1. The molecule has 0 unspecified atom stereocenters. The highest BCUT2D eigenvalue weighted by molar-refractivity contribution is 5.53. The van der Waals surface area contributed by atoms with E-state index in [0.717, 1.165) is 18.3 Å².